The second-order valence-electron chi connectivity index (χ2n) is 5.03. The van der Waals surface area contributed by atoms with Crippen LogP contribution in [0.5, 0.6) is 11.6 Å². The lowest BCUT2D eigenvalue weighted by atomic mass is 10.1. The summed E-state index contributed by atoms with van der Waals surface area (Å²) in [6.07, 6.45) is 3.32. The minimum absolute atomic E-state index is 0.119. The molecule has 0 saturated carbocycles. The van der Waals surface area contributed by atoms with Crippen LogP contribution in [-0.2, 0) is 6.54 Å². The number of benzene rings is 1. The molecule has 1 aromatic carbocycles. The van der Waals surface area contributed by atoms with Gasteiger partial charge in [0.05, 0.1) is 26.2 Å². The van der Waals surface area contributed by atoms with Gasteiger partial charge in [0, 0.05) is 18.5 Å². The summed E-state index contributed by atoms with van der Waals surface area (Å²) in [5.74, 6) is 0.0729. The summed E-state index contributed by atoms with van der Waals surface area (Å²) in [4.78, 5) is 16.6. The van der Waals surface area contributed by atoms with Crippen molar-refractivity contribution in [3.63, 3.8) is 0 Å². The normalized spacial score (nSPS) is 10.7. The standard InChI is InChI=1S/C17H15FN2O3/c1-22-15-7-12-5-6-20(17(21)13(12)8-14(15)18)10-11-3-4-16(23-2)19-9-11/h3-9H,10H2,1-2H3. The van der Waals surface area contributed by atoms with Gasteiger partial charge >= 0.3 is 0 Å². The molecule has 0 N–H and O–H groups in total. The number of nitrogens with zero attached hydrogens (tertiary/aromatic N) is 2. The fourth-order valence-corrected chi connectivity index (χ4v) is 2.39. The lowest BCUT2D eigenvalue weighted by Gasteiger charge is -2.09. The Kier molecular flexibility index (Phi) is 3.97. The quantitative estimate of drug-likeness (QED) is 0.743. The summed E-state index contributed by atoms with van der Waals surface area (Å²) < 4.78 is 25.3. The monoisotopic (exact) mass is 314 g/mol. The van der Waals surface area contributed by atoms with Crippen LogP contribution in [0.2, 0.25) is 0 Å². The Morgan fingerprint density at radius 3 is 2.65 bits per heavy atom. The van der Waals surface area contributed by atoms with E-state index in [0.717, 1.165) is 5.56 Å². The van der Waals surface area contributed by atoms with Crippen molar-refractivity contribution >= 4 is 10.8 Å². The summed E-state index contributed by atoms with van der Waals surface area (Å²) in [5, 5.41) is 0.949. The largest absolute Gasteiger partial charge is 0.494 e. The number of rotatable bonds is 4. The lowest BCUT2D eigenvalue weighted by Crippen LogP contribution is -2.20. The van der Waals surface area contributed by atoms with Crippen LogP contribution in [0.15, 0.2) is 47.5 Å². The Bertz CT molecular complexity index is 904. The third kappa shape index (κ3) is 2.88. The molecule has 0 saturated heterocycles. The lowest BCUT2D eigenvalue weighted by molar-refractivity contribution is 0.387. The van der Waals surface area contributed by atoms with Gasteiger partial charge in [-0.1, -0.05) is 6.07 Å². The minimum atomic E-state index is -0.555. The summed E-state index contributed by atoms with van der Waals surface area (Å²) in [6.45, 7) is 0.347. The Hall–Kier alpha value is -2.89. The van der Waals surface area contributed by atoms with Crippen molar-refractivity contribution in [1.82, 2.24) is 9.55 Å². The molecule has 0 radical (unpaired) electrons. The van der Waals surface area contributed by atoms with Gasteiger partial charge in [0.25, 0.3) is 5.56 Å². The van der Waals surface area contributed by atoms with E-state index in [-0.39, 0.29) is 11.3 Å². The van der Waals surface area contributed by atoms with Crippen molar-refractivity contribution in [1.29, 1.82) is 0 Å². The van der Waals surface area contributed by atoms with Crippen LogP contribution in [0.1, 0.15) is 5.56 Å². The minimum Gasteiger partial charge on any atom is -0.494 e. The van der Waals surface area contributed by atoms with E-state index in [1.165, 1.54) is 23.8 Å². The van der Waals surface area contributed by atoms with E-state index in [9.17, 15) is 9.18 Å². The molecule has 0 aliphatic heterocycles. The molecule has 0 aliphatic carbocycles. The molecule has 3 aromatic rings. The zero-order chi connectivity index (χ0) is 16.4. The molecule has 6 heteroatoms. The summed E-state index contributed by atoms with van der Waals surface area (Å²) in [6, 6.07) is 8.04. The number of aromatic nitrogens is 2. The first-order valence-corrected chi connectivity index (χ1v) is 6.98. The molecular weight excluding hydrogens is 299 g/mol. The topological polar surface area (TPSA) is 53.4 Å². The van der Waals surface area contributed by atoms with Crippen molar-refractivity contribution < 1.29 is 13.9 Å². The molecular formula is C17H15FN2O3. The van der Waals surface area contributed by atoms with E-state index in [1.807, 2.05) is 6.07 Å². The van der Waals surface area contributed by atoms with E-state index in [4.69, 9.17) is 9.47 Å². The smallest absolute Gasteiger partial charge is 0.258 e. The molecule has 23 heavy (non-hydrogen) atoms. The molecule has 2 aromatic heterocycles. The molecule has 2 heterocycles. The molecule has 0 aliphatic rings. The second kappa shape index (κ2) is 6.08. The first kappa shape index (κ1) is 15.0. The number of fused-ring (bicyclic) bond motifs is 1. The van der Waals surface area contributed by atoms with Gasteiger partial charge in [0.15, 0.2) is 11.6 Å². The highest BCUT2D eigenvalue weighted by molar-refractivity contribution is 5.83. The van der Waals surface area contributed by atoms with Crippen LogP contribution in [0.25, 0.3) is 10.8 Å². The fourth-order valence-electron chi connectivity index (χ4n) is 2.39. The van der Waals surface area contributed by atoms with Gasteiger partial charge in [-0.2, -0.15) is 0 Å². The number of hydrogen-bond acceptors (Lipinski definition) is 4. The van der Waals surface area contributed by atoms with E-state index in [0.29, 0.717) is 23.2 Å². The molecule has 0 bridgehead atoms. The third-order valence-corrected chi connectivity index (χ3v) is 3.61. The van der Waals surface area contributed by atoms with E-state index < -0.39 is 5.82 Å². The SMILES string of the molecule is COc1ccc(Cn2ccc3cc(OC)c(F)cc3c2=O)cn1. The third-order valence-electron chi connectivity index (χ3n) is 3.61. The van der Waals surface area contributed by atoms with Crippen LogP contribution >= 0.6 is 0 Å². The second-order valence-corrected chi connectivity index (χ2v) is 5.03. The molecule has 0 atom stereocenters. The van der Waals surface area contributed by atoms with Gasteiger partial charge in [0.2, 0.25) is 5.88 Å². The Labute approximate surface area is 131 Å². The number of ether oxygens (including phenoxy) is 2. The van der Waals surface area contributed by atoms with Gasteiger partial charge in [-0.25, -0.2) is 9.37 Å². The van der Waals surface area contributed by atoms with Crippen LogP contribution < -0.4 is 15.0 Å². The number of halogens is 1. The number of hydrogen-bond donors (Lipinski definition) is 0. The first-order chi connectivity index (χ1) is 11.1. The molecule has 5 nitrogen and oxygen atoms in total. The zero-order valence-electron chi connectivity index (χ0n) is 12.7. The molecule has 0 amide bonds. The predicted molar refractivity (Wildman–Crippen MR) is 84.6 cm³/mol. The van der Waals surface area contributed by atoms with Crippen molar-refractivity contribution in [3.8, 4) is 11.6 Å². The van der Waals surface area contributed by atoms with Crippen molar-refractivity contribution in [2.75, 3.05) is 14.2 Å². The maximum atomic E-state index is 13.8. The summed E-state index contributed by atoms with van der Waals surface area (Å²) in [7, 11) is 2.93. The van der Waals surface area contributed by atoms with Crippen molar-refractivity contribution in [3.05, 3.63) is 64.5 Å². The van der Waals surface area contributed by atoms with Crippen molar-refractivity contribution in [2.45, 2.75) is 6.54 Å². The van der Waals surface area contributed by atoms with E-state index in [2.05, 4.69) is 4.98 Å². The van der Waals surface area contributed by atoms with Gasteiger partial charge in [-0.05, 0) is 29.1 Å². The Morgan fingerprint density at radius 2 is 2.00 bits per heavy atom. The predicted octanol–water partition coefficient (Wildman–Crippen LogP) is 2.60. The zero-order valence-corrected chi connectivity index (χ0v) is 12.7. The maximum absolute atomic E-state index is 13.8. The van der Waals surface area contributed by atoms with Crippen LogP contribution in [0, 0.1) is 5.82 Å². The molecule has 3 rings (SSSR count). The highest BCUT2D eigenvalue weighted by atomic mass is 19.1. The average molecular weight is 314 g/mol. The molecule has 0 unspecified atom stereocenters. The van der Waals surface area contributed by atoms with Crippen molar-refractivity contribution in [2.24, 2.45) is 0 Å². The highest BCUT2D eigenvalue weighted by Gasteiger charge is 2.09. The summed E-state index contributed by atoms with van der Waals surface area (Å²) in [5.41, 5.74) is 0.584. The maximum Gasteiger partial charge on any atom is 0.258 e. The van der Waals surface area contributed by atoms with Gasteiger partial charge in [0.1, 0.15) is 0 Å². The molecule has 0 fully saturated rings. The fraction of sp³-hybridized carbons (Fsp3) is 0.176. The first-order valence-electron chi connectivity index (χ1n) is 6.98. The molecule has 0 spiro atoms. The number of methoxy groups -OCH3 is 2. The highest BCUT2D eigenvalue weighted by Crippen LogP contribution is 2.22. The van der Waals surface area contributed by atoms with Gasteiger partial charge in [-0.3, -0.25) is 4.79 Å². The summed E-state index contributed by atoms with van der Waals surface area (Å²) >= 11 is 0. The Balaban J connectivity index is 2.01. The molecule has 118 valence electrons. The van der Waals surface area contributed by atoms with Crippen LogP contribution in [-0.4, -0.2) is 23.8 Å². The van der Waals surface area contributed by atoms with Gasteiger partial charge in [-0.15, -0.1) is 0 Å². The van der Waals surface area contributed by atoms with E-state index >= 15 is 0 Å². The van der Waals surface area contributed by atoms with Crippen LogP contribution in [0.3, 0.4) is 0 Å². The van der Waals surface area contributed by atoms with Crippen LogP contribution in [0.4, 0.5) is 4.39 Å². The van der Waals surface area contributed by atoms with E-state index in [1.54, 1.807) is 31.6 Å². The van der Waals surface area contributed by atoms with Gasteiger partial charge < -0.3 is 14.0 Å². The number of pyridine rings is 2. The average Bonchev–Trinajstić information content (AvgIpc) is 2.58. The Morgan fingerprint density at radius 1 is 1.17 bits per heavy atom.